The maximum absolute atomic E-state index is 4.84. The van der Waals surface area contributed by atoms with Crippen LogP contribution in [0.5, 0.6) is 0 Å². The SMILES string of the molecule is Bc1c(B)c(B)c(-c2c3ccccc3c(-c3cccc(-n4c(C)nc5ccccc54)c3)c3ccccc23)c(B)c1B. The maximum Gasteiger partial charge on any atom is 0.139 e. The zero-order chi connectivity index (χ0) is 28.4. The van der Waals surface area contributed by atoms with E-state index >= 15 is 0 Å². The van der Waals surface area contributed by atoms with E-state index in [1.54, 1.807) is 0 Å². The van der Waals surface area contributed by atoms with Crippen molar-refractivity contribution in [2.45, 2.75) is 6.92 Å². The van der Waals surface area contributed by atoms with Gasteiger partial charge < -0.3 is 0 Å². The van der Waals surface area contributed by atoms with E-state index in [4.69, 9.17) is 4.98 Å². The first-order chi connectivity index (χ1) is 19.9. The molecule has 0 atom stereocenters. The van der Waals surface area contributed by atoms with Crippen LogP contribution in [-0.2, 0) is 0 Å². The molecule has 7 aromatic rings. The number of fused-ring (bicyclic) bond motifs is 3. The van der Waals surface area contributed by atoms with Gasteiger partial charge in [-0.05, 0) is 75.0 Å². The first-order valence-corrected chi connectivity index (χ1v) is 14.4. The van der Waals surface area contributed by atoms with Crippen LogP contribution < -0.4 is 27.3 Å². The van der Waals surface area contributed by atoms with Gasteiger partial charge in [-0.1, -0.05) is 83.7 Å². The number of hydrogen-bond acceptors (Lipinski definition) is 1. The molecule has 0 spiro atoms. The third-order valence-corrected chi connectivity index (χ3v) is 9.30. The van der Waals surface area contributed by atoms with Gasteiger partial charge in [0.2, 0.25) is 0 Å². The number of nitrogens with zero attached hydrogens (tertiary/aromatic N) is 2. The predicted octanol–water partition coefficient (Wildman–Crippen LogP) is 0.266. The van der Waals surface area contributed by atoms with Crippen molar-refractivity contribution < 1.29 is 0 Å². The van der Waals surface area contributed by atoms with Gasteiger partial charge in [-0.2, -0.15) is 0 Å². The van der Waals surface area contributed by atoms with Crippen LogP contribution in [0.1, 0.15) is 5.82 Å². The van der Waals surface area contributed by atoms with Gasteiger partial charge in [-0.3, -0.25) is 4.57 Å². The highest BCUT2D eigenvalue weighted by Gasteiger charge is 2.21. The lowest BCUT2D eigenvalue weighted by molar-refractivity contribution is 1.00. The molecule has 1 heterocycles. The third kappa shape index (κ3) is 3.83. The smallest absolute Gasteiger partial charge is 0.139 e. The van der Waals surface area contributed by atoms with Crippen molar-refractivity contribution in [2.24, 2.45) is 0 Å². The van der Waals surface area contributed by atoms with Gasteiger partial charge in [-0.15, -0.1) is 16.4 Å². The van der Waals surface area contributed by atoms with Crippen molar-refractivity contribution in [2.75, 3.05) is 0 Å². The maximum atomic E-state index is 4.84. The molecule has 0 fully saturated rings. The van der Waals surface area contributed by atoms with Crippen molar-refractivity contribution in [1.82, 2.24) is 9.55 Å². The van der Waals surface area contributed by atoms with Crippen LogP contribution in [0.3, 0.4) is 0 Å². The van der Waals surface area contributed by atoms with Crippen molar-refractivity contribution in [1.29, 1.82) is 0 Å². The molecule has 0 bridgehead atoms. The predicted molar refractivity (Wildman–Crippen MR) is 193 cm³/mol. The highest BCUT2D eigenvalue weighted by molar-refractivity contribution is 6.69. The molecule has 0 saturated carbocycles. The minimum atomic E-state index is 0.990. The summed E-state index contributed by atoms with van der Waals surface area (Å²) in [5, 5.41) is 5.15. The molecule has 1 aromatic heterocycles. The number of hydrogen-bond donors (Lipinski definition) is 0. The van der Waals surface area contributed by atoms with E-state index in [9.17, 15) is 0 Å². The van der Waals surface area contributed by atoms with Gasteiger partial charge in [0, 0.05) is 5.69 Å². The van der Waals surface area contributed by atoms with E-state index in [2.05, 4.69) is 148 Å². The van der Waals surface area contributed by atoms with Gasteiger partial charge in [0.15, 0.2) is 0 Å². The number of aryl methyl sites for hydroxylation is 1. The Hall–Kier alpha value is -4.37. The van der Waals surface area contributed by atoms with Crippen molar-refractivity contribution >= 4 is 99.1 Å². The van der Waals surface area contributed by atoms with Crippen LogP contribution in [-0.4, -0.2) is 48.8 Å². The van der Waals surface area contributed by atoms with Crippen LogP contribution >= 0.6 is 0 Å². The molecule has 0 aliphatic heterocycles. The summed E-state index contributed by atoms with van der Waals surface area (Å²) >= 11 is 0. The standard InChI is InChI=1S/C34H29B5N2/c1-18-40-25-15-6-7-16-26(25)41(18)20-10-8-9-19(17-20)27-21-11-2-4-13-23(21)28(24-14-5-3-12-22(24)27)29-30(35)32(37)34(39)33(38)31(29)36/h2-17H,35-39H2,1H3. The molecule has 190 valence electrons. The summed E-state index contributed by atoms with van der Waals surface area (Å²) in [6, 6.07) is 35.2. The van der Waals surface area contributed by atoms with E-state index in [0.717, 1.165) is 22.5 Å². The Morgan fingerprint density at radius 2 is 1.02 bits per heavy atom. The van der Waals surface area contributed by atoms with Crippen LogP contribution in [0.2, 0.25) is 0 Å². The Kier molecular flexibility index (Phi) is 6.01. The topological polar surface area (TPSA) is 17.8 Å². The summed E-state index contributed by atoms with van der Waals surface area (Å²) in [7, 11) is 11.4. The van der Waals surface area contributed by atoms with E-state index in [-0.39, 0.29) is 0 Å². The second-order valence-corrected chi connectivity index (χ2v) is 11.4. The molecular weight excluding hydrogens is 490 g/mol. The third-order valence-electron chi connectivity index (χ3n) is 9.30. The average Bonchev–Trinajstić information content (AvgIpc) is 3.34. The van der Waals surface area contributed by atoms with Gasteiger partial charge in [0.1, 0.15) is 45.1 Å². The second-order valence-electron chi connectivity index (χ2n) is 11.4. The Bertz CT molecular complexity index is 2100. The minimum absolute atomic E-state index is 0.990. The van der Waals surface area contributed by atoms with E-state index in [1.807, 2.05) is 0 Å². The fourth-order valence-electron chi connectivity index (χ4n) is 6.86. The molecule has 0 aliphatic carbocycles. The van der Waals surface area contributed by atoms with Crippen LogP contribution in [0.25, 0.3) is 60.5 Å². The number of aromatic nitrogens is 2. The van der Waals surface area contributed by atoms with Gasteiger partial charge in [-0.25, -0.2) is 4.98 Å². The van der Waals surface area contributed by atoms with E-state index < -0.39 is 0 Å². The monoisotopic (exact) mass is 520 g/mol. The van der Waals surface area contributed by atoms with Gasteiger partial charge >= 0.3 is 0 Å². The van der Waals surface area contributed by atoms with Crippen molar-refractivity contribution in [3.05, 3.63) is 103 Å². The molecule has 0 saturated heterocycles. The lowest BCUT2D eigenvalue weighted by atomic mass is 9.59. The number of imidazole rings is 1. The summed E-state index contributed by atoms with van der Waals surface area (Å²) in [6.45, 7) is 2.09. The average molecular weight is 520 g/mol. The zero-order valence-electron chi connectivity index (χ0n) is 24.6. The van der Waals surface area contributed by atoms with Crippen molar-refractivity contribution in [3.8, 4) is 27.9 Å². The summed E-state index contributed by atoms with van der Waals surface area (Å²) in [6.07, 6.45) is 0. The van der Waals surface area contributed by atoms with Crippen LogP contribution in [0.15, 0.2) is 97.1 Å². The molecule has 0 aliphatic rings. The molecule has 6 aromatic carbocycles. The molecule has 41 heavy (non-hydrogen) atoms. The molecule has 0 N–H and O–H groups in total. The number of rotatable bonds is 3. The molecule has 0 unspecified atom stereocenters. The number of benzene rings is 6. The fraction of sp³-hybridized carbons (Fsp3) is 0.0294. The molecule has 7 rings (SSSR count). The first-order valence-electron chi connectivity index (χ1n) is 14.4. The largest absolute Gasteiger partial charge is 0.297 e. The second kappa shape index (κ2) is 9.63. The molecule has 7 heteroatoms. The highest BCUT2D eigenvalue weighted by Crippen LogP contribution is 2.43. The molecule has 0 radical (unpaired) electrons. The van der Waals surface area contributed by atoms with E-state index in [0.29, 0.717) is 0 Å². The van der Waals surface area contributed by atoms with Crippen LogP contribution in [0, 0.1) is 6.92 Å². The summed E-state index contributed by atoms with van der Waals surface area (Å²) in [4.78, 5) is 4.84. The zero-order valence-corrected chi connectivity index (χ0v) is 24.6. The molecule has 2 nitrogen and oxygen atoms in total. The fourth-order valence-corrected chi connectivity index (χ4v) is 6.86. The molecule has 0 amide bonds. The van der Waals surface area contributed by atoms with Gasteiger partial charge in [0.25, 0.3) is 0 Å². The first kappa shape index (κ1) is 25.6. The Balaban J connectivity index is 1.58. The quantitative estimate of drug-likeness (QED) is 0.242. The summed E-state index contributed by atoms with van der Waals surface area (Å²) in [5.41, 5.74) is 15.4. The minimum Gasteiger partial charge on any atom is -0.297 e. The Labute approximate surface area is 245 Å². The van der Waals surface area contributed by atoms with Gasteiger partial charge in [0.05, 0.1) is 11.0 Å². The highest BCUT2D eigenvalue weighted by atomic mass is 15.1. The Morgan fingerprint density at radius 3 is 1.63 bits per heavy atom. The summed E-state index contributed by atoms with van der Waals surface area (Å²) < 4.78 is 2.27. The van der Waals surface area contributed by atoms with Crippen LogP contribution in [0.4, 0.5) is 0 Å². The summed E-state index contributed by atoms with van der Waals surface area (Å²) in [5.74, 6) is 0.990. The number of para-hydroxylation sites is 2. The van der Waals surface area contributed by atoms with E-state index in [1.165, 1.54) is 71.1 Å². The molecular formula is C34H29B5N2. The lowest BCUT2D eigenvalue weighted by Gasteiger charge is -2.24. The Morgan fingerprint density at radius 1 is 0.512 bits per heavy atom. The normalized spacial score (nSPS) is 11.5. The lowest BCUT2D eigenvalue weighted by Crippen LogP contribution is -2.55. The van der Waals surface area contributed by atoms with Crippen molar-refractivity contribution in [3.63, 3.8) is 0 Å².